The van der Waals surface area contributed by atoms with Gasteiger partial charge in [-0.1, -0.05) is 110 Å². The zero-order valence-electron chi connectivity index (χ0n) is 17.8. The second-order valence-electron chi connectivity index (χ2n) is 7.43. The molecule has 1 N–H and O–H groups in total. The van der Waals surface area contributed by atoms with Crippen molar-refractivity contribution in [2.75, 3.05) is 13.2 Å². The molecular weight excluding hydrogens is 322 g/mol. The Labute approximate surface area is 163 Å². The molecule has 26 heavy (non-hydrogen) atoms. The molecular formula is C23H45NO2. The van der Waals surface area contributed by atoms with Gasteiger partial charge >= 0.3 is 5.97 Å². The second-order valence-corrected chi connectivity index (χ2v) is 7.43. The van der Waals surface area contributed by atoms with Crippen LogP contribution in [0.15, 0.2) is 12.3 Å². The number of carbonyl (C=O) groups excluding carboxylic acids is 1. The lowest BCUT2D eigenvalue weighted by atomic mass is 10.0. The second kappa shape index (κ2) is 20.3. The Morgan fingerprint density at radius 2 is 1.08 bits per heavy atom. The average Bonchev–Trinajstić information content (AvgIpc) is 2.64. The van der Waals surface area contributed by atoms with E-state index in [4.69, 9.17) is 4.74 Å². The third kappa shape index (κ3) is 17.8. The van der Waals surface area contributed by atoms with Gasteiger partial charge in [0.1, 0.15) is 5.70 Å². The Bertz CT molecular complexity index is 328. The number of ether oxygens (including phenoxy) is 1. The first-order valence-electron chi connectivity index (χ1n) is 11.3. The molecule has 0 amide bonds. The zero-order valence-corrected chi connectivity index (χ0v) is 17.8. The number of esters is 1. The van der Waals surface area contributed by atoms with Crippen molar-refractivity contribution in [3.8, 4) is 0 Å². The average molecular weight is 368 g/mol. The van der Waals surface area contributed by atoms with Gasteiger partial charge in [-0.2, -0.15) is 0 Å². The Hall–Kier alpha value is -0.990. The number of nitrogens with one attached hydrogen (secondary N) is 1. The van der Waals surface area contributed by atoms with E-state index < -0.39 is 0 Å². The van der Waals surface area contributed by atoms with Gasteiger partial charge < -0.3 is 10.1 Å². The minimum Gasteiger partial charge on any atom is -0.461 e. The highest BCUT2D eigenvalue weighted by Gasteiger charge is 2.05. The highest BCUT2D eigenvalue weighted by atomic mass is 16.5. The normalized spacial score (nSPS) is 10.7. The standard InChI is InChI=1S/C23H45NO2/c1-4-6-7-8-9-10-11-12-13-14-15-16-17-18-19-20-21-24-22(3)23(25)26-5-2/h24H,3-21H2,1-2H3. The molecule has 0 saturated carbocycles. The summed E-state index contributed by atoms with van der Waals surface area (Å²) in [7, 11) is 0. The number of carbonyl (C=O) groups is 1. The molecule has 0 atom stereocenters. The summed E-state index contributed by atoms with van der Waals surface area (Å²) in [6.45, 7) is 9.00. The van der Waals surface area contributed by atoms with Gasteiger partial charge in [0.25, 0.3) is 0 Å². The molecule has 0 bridgehead atoms. The zero-order chi connectivity index (χ0) is 19.3. The molecule has 0 aliphatic carbocycles. The summed E-state index contributed by atoms with van der Waals surface area (Å²) in [5.41, 5.74) is 0.382. The van der Waals surface area contributed by atoms with Crippen LogP contribution in [0.2, 0.25) is 0 Å². The molecule has 0 aromatic heterocycles. The van der Waals surface area contributed by atoms with E-state index in [9.17, 15) is 4.79 Å². The summed E-state index contributed by atoms with van der Waals surface area (Å²) in [5.74, 6) is -0.330. The van der Waals surface area contributed by atoms with Gasteiger partial charge in [0.15, 0.2) is 0 Å². The third-order valence-electron chi connectivity index (χ3n) is 4.89. The Kier molecular flexibility index (Phi) is 19.5. The van der Waals surface area contributed by atoms with Crippen LogP contribution in [-0.2, 0) is 9.53 Å². The van der Waals surface area contributed by atoms with Crippen molar-refractivity contribution in [2.24, 2.45) is 0 Å². The van der Waals surface area contributed by atoms with Crippen molar-refractivity contribution in [1.82, 2.24) is 5.32 Å². The van der Waals surface area contributed by atoms with E-state index >= 15 is 0 Å². The summed E-state index contributed by atoms with van der Waals surface area (Å²) in [4.78, 5) is 11.4. The van der Waals surface area contributed by atoms with Crippen LogP contribution in [0.3, 0.4) is 0 Å². The molecule has 0 rings (SSSR count). The lowest BCUT2D eigenvalue weighted by Gasteiger charge is -2.08. The van der Waals surface area contributed by atoms with Crippen LogP contribution >= 0.6 is 0 Å². The molecule has 0 radical (unpaired) electrons. The van der Waals surface area contributed by atoms with Crippen LogP contribution in [-0.4, -0.2) is 19.1 Å². The quantitative estimate of drug-likeness (QED) is 0.144. The van der Waals surface area contributed by atoms with Gasteiger partial charge in [-0.3, -0.25) is 0 Å². The van der Waals surface area contributed by atoms with Crippen LogP contribution in [0.25, 0.3) is 0 Å². The van der Waals surface area contributed by atoms with E-state index in [1.54, 1.807) is 6.92 Å². The number of unbranched alkanes of at least 4 members (excludes halogenated alkanes) is 15. The maximum absolute atomic E-state index is 11.4. The summed E-state index contributed by atoms with van der Waals surface area (Å²) in [6.07, 6.45) is 22.0. The highest BCUT2D eigenvalue weighted by Crippen LogP contribution is 2.13. The van der Waals surface area contributed by atoms with E-state index in [2.05, 4.69) is 18.8 Å². The molecule has 0 saturated heterocycles. The van der Waals surface area contributed by atoms with Gasteiger partial charge in [0, 0.05) is 6.54 Å². The van der Waals surface area contributed by atoms with Crippen LogP contribution in [0.1, 0.15) is 117 Å². The van der Waals surface area contributed by atoms with Crippen molar-refractivity contribution in [1.29, 1.82) is 0 Å². The molecule has 0 spiro atoms. The molecule has 0 unspecified atom stereocenters. The van der Waals surface area contributed by atoms with Crippen molar-refractivity contribution >= 4 is 5.97 Å². The number of hydrogen-bond donors (Lipinski definition) is 1. The molecule has 0 aliphatic heterocycles. The fourth-order valence-corrected chi connectivity index (χ4v) is 3.20. The molecule has 0 heterocycles. The van der Waals surface area contributed by atoms with E-state index in [0.717, 1.165) is 13.0 Å². The Balaban J connectivity index is 3.13. The third-order valence-corrected chi connectivity index (χ3v) is 4.89. The maximum atomic E-state index is 11.4. The molecule has 0 fully saturated rings. The summed E-state index contributed by atoms with van der Waals surface area (Å²) >= 11 is 0. The Morgan fingerprint density at radius 1 is 0.692 bits per heavy atom. The highest BCUT2D eigenvalue weighted by molar-refractivity contribution is 5.86. The molecule has 3 nitrogen and oxygen atoms in total. The van der Waals surface area contributed by atoms with Crippen LogP contribution in [0.4, 0.5) is 0 Å². The fraction of sp³-hybridized carbons (Fsp3) is 0.870. The summed E-state index contributed by atoms with van der Waals surface area (Å²) in [5, 5.41) is 3.05. The molecule has 3 heteroatoms. The Morgan fingerprint density at radius 3 is 1.46 bits per heavy atom. The van der Waals surface area contributed by atoms with Gasteiger partial charge in [-0.05, 0) is 13.3 Å². The molecule has 0 aromatic rings. The topological polar surface area (TPSA) is 38.3 Å². The van der Waals surface area contributed by atoms with Crippen LogP contribution in [0.5, 0.6) is 0 Å². The predicted molar refractivity (Wildman–Crippen MR) is 113 cm³/mol. The summed E-state index contributed by atoms with van der Waals surface area (Å²) < 4.78 is 4.89. The SMILES string of the molecule is C=C(NCCCCCCCCCCCCCCCCCC)C(=O)OCC. The first-order chi connectivity index (χ1) is 12.7. The maximum Gasteiger partial charge on any atom is 0.353 e. The first-order valence-corrected chi connectivity index (χ1v) is 11.3. The minimum atomic E-state index is -0.330. The predicted octanol–water partition coefficient (Wildman–Crippen LogP) is 6.91. The smallest absolute Gasteiger partial charge is 0.353 e. The van der Waals surface area contributed by atoms with Gasteiger partial charge in [0.05, 0.1) is 6.61 Å². The lowest BCUT2D eigenvalue weighted by molar-refractivity contribution is -0.138. The lowest BCUT2D eigenvalue weighted by Crippen LogP contribution is -2.22. The number of hydrogen-bond acceptors (Lipinski definition) is 3. The molecule has 0 aliphatic rings. The van der Waals surface area contributed by atoms with Gasteiger partial charge in [-0.15, -0.1) is 0 Å². The first kappa shape index (κ1) is 25.0. The van der Waals surface area contributed by atoms with Crippen molar-refractivity contribution in [2.45, 2.75) is 117 Å². The van der Waals surface area contributed by atoms with Gasteiger partial charge in [0.2, 0.25) is 0 Å². The number of rotatable bonds is 20. The largest absolute Gasteiger partial charge is 0.461 e. The van der Waals surface area contributed by atoms with E-state index in [1.165, 1.54) is 96.3 Å². The van der Waals surface area contributed by atoms with Crippen LogP contribution in [0, 0.1) is 0 Å². The van der Waals surface area contributed by atoms with Crippen LogP contribution < -0.4 is 5.32 Å². The fourth-order valence-electron chi connectivity index (χ4n) is 3.20. The van der Waals surface area contributed by atoms with Crippen molar-refractivity contribution in [3.63, 3.8) is 0 Å². The monoisotopic (exact) mass is 367 g/mol. The minimum absolute atomic E-state index is 0.330. The van der Waals surface area contributed by atoms with E-state index in [-0.39, 0.29) is 5.97 Å². The van der Waals surface area contributed by atoms with E-state index in [0.29, 0.717) is 12.3 Å². The summed E-state index contributed by atoms with van der Waals surface area (Å²) in [6, 6.07) is 0. The van der Waals surface area contributed by atoms with Crippen molar-refractivity contribution < 1.29 is 9.53 Å². The van der Waals surface area contributed by atoms with E-state index in [1.807, 2.05) is 0 Å². The van der Waals surface area contributed by atoms with Crippen molar-refractivity contribution in [3.05, 3.63) is 12.3 Å². The van der Waals surface area contributed by atoms with Gasteiger partial charge in [-0.25, -0.2) is 4.79 Å². The molecule has 154 valence electrons. The molecule has 0 aromatic carbocycles.